The number of aryl methyl sites for hydroxylation is 1. The molecule has 0 bridgehead atoms. The van der Waals surface area contributed by atoms with Crippen molar-refractivity contribution < 1.29 is 5.32 Å². The molecule has 1 aromatic heterocycles. The van der Waals surface area contributed by atoms with Gasteiger partial charge in [-0.1, -0.05) is 12.1 Å². The fourth-order valence-electron chi connectivity index (χ4n) is 4.77. The summed E-state index contributed by atoms with van der Waals surface area (Å²) in [4.78, 5) is 0. The lowest BCUT2D eigenvalue weighted by atomic mass is 9.90. The molecule has 5 rings (SSSR count). The minimum atomic E-state index is 0.726. The molecule has 3 aliphatic rings. The highest BCUT2D eigenvalue weighted by Crippen LogP contribution is 2.38. The Labute approximate surface area is 125 Å². The van der Waals surface area contributed by atoms with E-state index in [4.69, 9.17) is 0 Å². The Morgan fingerprint density at radius 2 is 2.14 bits per heavy atom. The van der Waals surface area contributed by atoms with E-state index in [0.29, 0.717) is 0 Å². The van der Waals surface area contributed by atoms with Crippen molar-refractivity contribution >= 4 is 16.5 Å². The Hall–Kier alpha value is -1.54. The minimum Gasteiger partial charge on any atom is -0.337 e. The molecule has 2 aliphatic carbocycles. The number of nitrogens with zero attached hydrogens (tertiary/aromatic N) is 1. The second kappa shape index (κ2) is 4.48. The van der Waals surface area contributed by atoms with Gasteiger partial charge in [-0.25, -0.2) is 0 Å². The first kappa shape index (κ1) is 12.0. The number of quaternary nitrogens is 1. The maximum Gasteiger partial charge on any atom is 0.127 e. The Balaban J connectivity index is 1.75. The lowest BCUT2D eigenvalue weighted by molar-refractivity contribution is -0.704. The minimum absolute atomic E-state index is 0.726. The van der Waals surface area contributed by atoms with Crippen LogP contribution in [-0.2, 0) is 13.0 Å². The summed E-state index contributed by atoms with van der Waals surface area (Å²) in [7, 11) is 0. The lowest BCUT2D eigenvalue weighted by Crippen LogP contribution is -2.88. The Morgan fingerprint density at radius 1 is 1.14 bits per heavy atom. The zero-order valence-corrected chi connectivity index (χ0v) is 12.6. The summed E-state index contributed by atoms with van der Waals surface area (Å²) in [5.74, 6) is 0. The first-order chi connectivity index (χ1) is 10.4. The summed E-state index contributed by atoms with van der Waals surface area (Å²) >= 11 is 0. The Kier molecular flexibility index (Phi) is 2.57. The van der Waals surface area contributed by atoms with Crippen LogP contribution in [0.15, 0.2) is 24.3 Å². The summed E-state index contributed by atoms with van der Waals surface area (Å²) in [6.45, 7) is 2.43. The number of rotatable bonds is 1. The maximum atomic E-state index is 2.63. The third kappa shape index (κ3) is 1.69. The molecule has 0 unspecified atom stereocenters. The number of hydrogen-bond donors (Lipinski definition) is 1. The normalized spacial score (nSPS) is 24.2. The van der Waals surface area contributed by atoms with Gasteiger partial charge in [-0.3, -0.25) is 0 Å². The molecule has 0 radical (unpaired) electrons. The van der Waals surface area contributed by atoms with Crippen LogP contribution in [0.4, 0.5) is 0 Å². The average Bonchev–Trinajstić information content (AvgIpc) is 3.16. The van der Waals surface area contributed by atoms with E-state index in [0.717, 1.165) is 6.04 Å². The summed E-state index contributed by atoms with van der Waals surface area (Å²) in [6.07, 6.45) is 10.3. The fourth-order valence-corrected chi connectivity index (χ4v) is 4.77. The molecule has 2 heteroatoms. The first-order valence-electron chi connectivity index (χ1n) is 8.59. The van der Waals surface area contributed by atoms with Gasteiger partial charge in [-0.2, -0.15) is 0 Å². The van der Waals surface area contributed by atoms with E-state index in [1.807, 2.05) is 0 Å². The highest BCUT2D eigenvalue weighted by molar-refractivity contribution is 5.89. The number of benzene rings is 1. The predicted octanol–water partition coefficient (Wildman–Crippen LogP) is 3.16. The van der Waals surface area contributed by atoms with Gasteiger partial charge in [0.05, 0.1) is 18.8 Å². The Bertz CT molecular complexity index is 749. The van der Waals surface area contributed by atoms with Gasteiger partial charge < -0.3 is 9.88 Å². The number of hydrogen-bond acceptors (Lipinski definition) is 0. The second-order valence-corrected chi connectivity index (χ2v) is 6.89. The van der Waals surface area contributed by atoms with Crippen LogP contribution in [0.25, 0.3) is 16.5 Å². The molecule has 0 saturated carbocycles. The molecule has 0 amide bonds. The SMILES string of the molecule is C1=C(c2ccc3c(c2)c2c4n3CC[NH2+][C@H]4CCC2)CCC1. The van der Waals surface area contributed by atoms with Crippen molar-refractivity contribution in [1.29, 1.82) is 0 Å². The van der Waals surface area contributed by atoms with E-state index in [-0.39, 0.29) is 0 Å². The monoisotopic (exact) mass is 279 g/mol. The summed E-state index contributed by atoms with van der Waals surface area (Å²) in [5, 5.41) is 4.12. The van der Waals surface area contributed by atoms with Crippen LogP contribution < -0.4 is 5.32 Å². The molecule has 2 heterocycles. The second-order valence-electron chi connectivity index (χ2n) is 6.89. The fraction of sp³-hybridized carbons (Fsp3) is 0.474. The summed E-state index contributed by atoms with van der Waals surface area (Å²) in [5.41, 5.74) is 7.86. The first-order valence-corrected chi connectivity index (χ1v) is 8.59. The highest BCUT2D eigenvalue weighted by atomic mass is 15.1. The largest absolute Gasteiger partial charge is 0.337 e. The van der Waals surface area contributed by atoms with Crippen LogP contribution in [0.3, 0.4) is 0 Å². The maximum absolute atomic E-state index is 2.63. The van der Waals surface area contributed by atoms with Gasteiger partial charge in [0.25, 0.3) is 0 Å². The molecule has 0 saturated heterocycles. The quantitative estimate of drug-likeness (QED) is 0.828. The molecule has 0 fully saturated rings. The highest BCUT2D eigenvalue weighted by Gasteiger charge is 2.32. The van der Waals surface area contributed by atoms with Crippen molar-refractivity contribution in [3.05, 3.63) is 41.1 Å². The van der Waals surface area contributed by atoms with Crippen molar-refractivity contribution in [1.82, 2.24) is 4.57 Å². The molecule has 1 aromatic carbocycles. The third-order valence-electron chi connectivity index (χ3n) is 5.72. The van der Waals surface area contributed by atoms with Crippen LogP contribution >= 0.6 is 0 Å². The van der Waals surface area contributed by atoms with Gasteiger partial charge in [-0.05, 0) is 60.9 Å². The van der Waals surface area contributed by atoms with E-state index >= 15 is 0 Å². The molecule has 2 N–H and O–H groups in total. The van der Waals surface area contributed by atoms with Crippen LogP contribution in [0.5, 0.6) is 0 Å². The Morgan fingerprint density at radius 3 is 3.05 bits per heavy atom. The van der Waals surface area contributed by atoms with Crippen LogP contribution in [-0.4, -0.2) is 11.1 Å². The van der Waals surface area contributed by atoms with Crippen molar-refractivity contribution in [3.8, 4) is 0 Å². The third-order valence-corrected chi connectivity index (χ3v) is 5.72. The number of aromatic nitrogens is 1. The summed E-state index contributed by atoms with van der Waals surface area (Å²) < 4.78 is 2.63. The standard InChI is InChI=1S/C19H22N2/c1-2-5-13(4-1)14-8-9-18-16(12-14)15-6-3-7-17-19(15)21(18)11-10-20-17/h4,8-9,12,17,20H,1-3,5-7,10-11H2/p+1/t17-/m0/s1. The zero-order valence-electron chi connectivity index (χ0n) is 12.6. The van der Waals surface area contributed by atoms with Gasteiger partial charge in [0.1, 0.15) is 6.04 Å². The number of nitrogens with two attached hydrogens (primary N) is 1. The molecular weight excluding hydrogens is 256 g/mol. The van der Waals surface area contributed by atoms with Crippen molar-refractivity contribution in [2.75, 3.05) is 6.54 Å². The van der Waals surface area contributed by atoms with Crippen molar-refractivity contribution in [2.24, 2.45) is 0 Å². The molecular formula is C19H23N2+. The molecule has 2 nitrogen and oxygen atoms in total. The average molecular weight is 279 g/mol. The predicted molar refractivity (Wildman–Crippen MR) is 86.2 cm³/mol. The summed E-state index contributed by atoms with van der Waals surface area (Å²) in [6, 6.07) is 7.98. The topological polar surface area (TPSA) is 21.5 Å². The van der Waals surface area contributed by atoms with Gasteiger partial charge in [0, 0.05) is 17.3 Å². The van der Waals surface area contributed by atoms with E-state index < -0.39 is 0 Å². The van der Waals surface area contributed by atoms with Crippen LogP contribution in [0.2, 0.25) is 0 Å². The molecule has 1 atom stereocenters. The molecule has 108 valence electrons. The molecule has 21 heavy (non-hydrogen) atoms. The van der Waals surface area contributed by atoms with Crippen molar-refractivity contribution in [2.45, 2.75) is 51.1 Å². The van der Waals surface area contributed by atoms with Crippen molar-refractivity contribution in [3.63, 3.8) is 0 Å². The molecule has 2 aromatic rings. The van der Waals surface area contributed by atoms with Gasteiger partial charge in [0.15, 0.2) is 0 Å². The van der Waals surface area contributed by atoms with E-state index in [9.17, 15) is 0 Å². The molecule has 0 spiro atoms. The van der Waals surface area contributed by atoms with E-state index in [1.165, 1.54) is 62.7 Å². The van der Waals surface area contributed by atoms with Gasteiger partial charge in [-0.15, -0.1) is 0 Å². The molecule has 1 aliphatic heterocycles. The number of fused-ring (bicyclic) bond motifs is 3. The van der Waals surface area contributed by atoms with Gasteiger partial charge >= 0.3 is 0 Å². The van der Waals surface area contributed by atoms with Crippen LogP contribution in [0, 0.1) is 0 Å². The van der Waals surface area contributed by atoms with Gasteiger partial charge in [0.2, 0.25) is 0 Å². The smallest absolute Gasteiger partial charge is 0.127 e. The number of allylic oxidation sites excluding steroid dienone is 2. The van der Waals surface area contributed by atoms with E-state index in [2.05, 4.69) is 34.2 Å². The zero-order chi connectivity index (χ0) is 13.8. The van der Waals surface area contributed by atoms with E-state index in [1.54, 1.807) is 22.2 Å². The van der Waals surface area contributed by atoms with Crippen LogP contribution in [0.1, 0.15) is 55.0 Å². The lowest BCUT2D eigenvalue weighted by Gasteiger charge is -2.27.